The van der Waals surface area contributed by atoms with Gasteiger partial charge in [-0.15, -0.1) is 11.3 Å². The van der Waals surface area contributed by atoms with Crippen LogP contribution in [0.5, 0.6) is 0 Å². The Balaban J connectivity index is 1.56. The molecule has 0 unspecified atom stereocenters. The Kier molecular flexibility index (Phi) is 10.0. The molecule has 1 aromatic heterocycles. The van der Waals surface area contributed by atoms with Gasteiger partial charge in [0.1, 0.15) is 5.60 Å². The minimum Gasteiger partial charge on any atom is -0.444 e. The number of thiophene rings is 1. The second-order valence-electron chi connectivity index (χ2n) is 9.73. The number of carbonyl (C=O) groups is 3. The number of halogens is 2. The summed E-state index contributed by atoms with van der Waals surface area (Å²) in [6.45, 7) is 8.69. The molecule has 2 heterocycles. The molecular weight excluding hydrogens is 535 g/mol. The predicted molar refractivity (Wildman–Crippen MR) is 146 cm³/mol. The standard InChI is InChI=1S/C26H32Cl2N4O4S/c1-16-9-10-32(31-15-20-7-8-22(28)37-20)24(34)21(16)12-23(33)29-14-18-11-19(27)6-5-17(18)13-30-25(35)36-26(2,3)4/h5-8,11,31H,9-10,12-15H2,1-4H3,(H,29,33)(H,30,35). The first-order valence-electron chi connectivity index (χ1n) is 11.9. The van der Waals surface area contributed by atoms with Gasteiger partial charge in [-0.25, -0.2) is 10.2 Å². The van der Waals surface area contributed by atoms with E-state index in [4.69, 9.17) is 27.9 Å². The van der Waals surface area contributed by atoms with Crippen molar-refractivity contribution in [3.05, 3.63) is 66.8 Å². The Bertz CT molecular complexity index is 1190. The molecule has 3 N–H and O–H groups in total. The summed E-state index contributed by atoms with van der Waals surface area (Å²) in [5.74, 6) is -0.479. The summed E-state index contributed by atoms with van der Waals surface area (Å²) in [5.41, 5.74) is 5.48. The van der Waals surface area contributed by atoms with E-state index < -0.39 is 11.7 Å². The number of nitrogens with zero attached hydrogens (tertiary/aromatic N) is 1. The van der Waals surface area contributed by atoms with Gasteiger partial charge in [0.15, 0.2) is 0 Å². The normalized spacial score (nSPS) is 14.1. The van der Waals surface area contributed by atoms with Gasteiger partial charge in [0, 0.05) is 41.7 Å². The van der Waals surface area contributed by atoms with Crippen LogP contribution in [0.25, 0.3) is 0 Å². The Morgan fingerprint density at radius 2 is 1.78 bits per heavy atom. The van der Waals surface area contributed by atoms with Crippen molar-refractivity contribution in [1.82, 2.24) is 21.1 Å². The maximum absolute atomic E-state index is 13.1. The average molecular weight is 568 g/mol. The number of amides is 3. The Morgan fingerprint density at radius 1 is 1.05 bits per heavy atom. The molecule has 0 aliphatic carbocycles. The Labute approximate surface area is 231 Å². The van der Waals surface area contributed by atoms with Gasteiger partial charge < -0.3 is 15.4 Å². The van der Waals surface area contributed by atoms with Crippen LogP contribution in [-0.4, -0.2) is 35.1 Å². The predicted octanol–water partition coefficient (Wildman–Crippen LogP) is 5.34. The van der Waals surface area contributed by atoms with Crippen molar-refractivity contribution >= 4 is 52.4 Å². The van der Waals surface area contributed by atoms with E-state index in [1.807, 2.05) is 19.1 Å². The number of hydrogen-bond acceptors (Lipinski definition) is 6. The smallest absolute Gasteiger partial charge is 0.407 e. The van der Waals surface area contributed by atoms with Crippen LogP contribution >= 0.6 is 34.5 Å². The number of benzene rings is 1. The van der Waals surface area contributed by atoms with E-state index in [1.165, 1.54) is 11.3 Å². The molecular formula is C26H32Cl2N4O4S. The zero-order valence-corrected chi connectivity index (χ0v) is 23.7. The molecule has 0 saturated carbocycles. The molecule has 200 valence electrons. The van der Waals surface area contributed by atoms with Gasteiger partial charge in [0.05, 0.1) is 10.8 Å². The average Bonchev–Trinajstić information content (AvgIpc) is 3.23. The maximum Gasteiger partial charge on any atom is 0.407 e. The number of nitrogens with one attached hydrogen (secondary N) is 3. The molecule has 2 aromatic rings. The minimum atomic E-state index is -0.604. The highest BCUT2D eigenvalue weighted by Gasteiger charge is 2.27. The van der Waals surface area contributed by atoms with Crippen LogP contribution in [0.15, 0.2) is 41.5 Å². The fourth-order valence-electron chi connectivity index (χ4n) is 3.70. The number of hydrazine groups is 1. The van der Waals surface area contributed by atoms with Gasteiger partial charge >= 0.3 is 6.09 Å². The third-order valence-electron chi connectivity index (χ3n) is 5.61. The SMILES string of the molecule is CC1=C(CC(=O)NCc2cc(Cl)ccc2CNC(=O)OC(C)(C)C)C(=O)N(NCc2ccc(Cl)s2)CC1. The van der Waals surface area contributed by atoms with Gasteiger partial charge in [-0.2, -0.15) is 0 Å². The van der Waals surface area contributed by atoms with Crippen LogP contribution in [0, 0.1) is 0 Å². The van der Waals surface area contributed by atoms with E-state index in [9.17, 15) is 14.4 Å². The molecule has 0 fully saturated rings. The zero-order chi connectivity index (χ0) is 27.2. The van der Waals surface area contributed by atoms with E-state index in [0.29, 0.717) is 34.4 Å². The molecule has 37 heavy (non-hydrogen) atoms. The monoisotopic (exact) mass is 566 g/mol. The van der Waals surface area contributed by atoms with Crippen molar-refractivity contribution in [1.29, 1.82) is 0 Å². The van der Waals surface area contributed by atoms with Gasteiger partial charge in [0.25, 0.3) is 5.91 Å². The van der Waals surface area contributed by atoms with Gasteiger partial charge in [0.2, 0.25) is 5.91 Å². The Morgan fingerprint density at radius 3 is 2.46 bits per heavy atom. The second-order valence-corrected chi connectivity index (χ2v) is 12.0. The van der Waals surface area contributed by atoms with Crippen LogP contribution in [0.3, 0.4) is 0 Å². The molecule has 8 nitrogen and oxygen atoms in total. The van der Waals surface area contributed by atoms with Crippen molar-refractivity contribution in [2.24, 2.45) is 0 Å². The van der Waals surface area contributed by atoms with E-state index in [2.05, 4.69) is 16.1 Å². The van der Waals surface area contributed by atoms with E-state index in [0.717, 1.165) is 21.6 Å². The maximum atomic E-state index is 13.1. The highest BCUT2D eigenvalue weighted by atomic mass is 35.5. The van der Waals surface area contributed by atoms with Crippen LogP contribution in [-0.2, 0) is 34.0 Å². The lowest BCUT2D eigenvalue weighted by molar-refractivity contribution is -0.132. The van der Waals surface area contributed by atoms with Gasteiger partial charge in [-0.05, 0) is 69.5 Å². The molecule has 0 atom stereocenters. The summed E-state index contributed by atoms with van der Waals surface area (Å²) < 4.78 is 5.97. The molecule has 1 aliphatic heterocycles. The topological polar surface area (TPSA) is 99.8 Å². The van der Waals surface area contributed by atoms with Crippen molar-refractivity contribution in [3.63, 3.8) is 0 Å². The first kappa shape index (κ1) is 29.0. The fraction of sp³-hybridized carbons (Fsp3) is 0.423. The number of carbonyl (C=O) groups excluding carboxylic acids is 3. The number of ether oxygens (including phenoxy) is 1. The molecule has 1 aliphatic rings. The number of alkyl carbamates (subject to hydrolysis) is 1. The highest BCUT2D eigenvalue weighted by molar-refractivity contribution is 7.16. The molecule has 3 rings (SSSR count). The quantitative estimate of drug-likeness (QED) is 0.380. The third-order valence-corrected chi connectivity index (χ3v) is 7.07. The van der Waals surface area contributed by atoms with Crippen molar-refractivity contribution in [2.45, 2.75) is 65.8 Å². The fourth-order valence-corrected chi connectivity index (χ4v) is 4.92. The molecule has 1 aromatic carbocycles. The molecule has 0 radical (unpaired) electrons. The largest absolute Gasteiger partial charge is 0.444 e. The summed E-state index contributed by atoms with van der Waals surface area (Å²) >= 11 is 13.6. The molecule has 11 heteroatoms. The summed E-state index contributed by atoms with van der Waals surface area (Å²) in [5, 5.41) is 7.67. The highest BCUT2D eigenvalue weighted by Crippen LogP contribution is 2.24. The lowest BCUT2D eigenvalue weighted by Crippen LogP contribution is -2.46. The summed E-state index contributed by atoms with van der Waals surface area (Å²) in [6, 6.07) is 8.99. The summed E-state index contributed by atoms with van der Waals surface area (Å²) in [7, 11) is 0. The summed E-state index contributed by atoms with van der Waals surface area (Å²) in [4.78, 5) is 38.9. The van der Waals surface area contributed by atoms with Crippen molar-refractivity contribution < 1.29 is 19.1 Å². The van der Waals surface area contributed by atoms with E-state index in [-0.39, 0.29) is 31.3 Å². The first-order chi connectivity index (χ1) is 17.4. The summed E-state index contributed by atoms with van der Waals surface area (Å²) in [6.07, 6.45) is 0.122. The van der Waals surface area contributed by atoms with E-state index >= 15 is 0 Å². The van der Waals surface area contributed by atoms with Gasteiger partial charge in [-0.3, -0.25) is 14.6 Å². The van der Waals surface area contributed by atoms with Crippen molar-refractivity contribution in [2.75, 3.05) is 6.54 Å². The molecule has 0 spiro atoms. The van der Waals surface area contributed by atoms with Crippen LogP contribution in [0.4, 0.5) is 4.79 Å². The second kappa shape index (κ2) is 12.8. The zero-order valence-electron chi connectivity index (χ0n) is 21.4. The van der Waals surface area contributed by atoms with Crippen LogP contribution < -0.4 is 16.1 Å². The number of rotatable bonds is 9. The molecule has 0 bridgehead atoms. The lowest BCUT2D eigenvalue weighted by atomic mass is 9.98. The molecule has 0 saturated heterocycles. The van der Waals surface area contributed by atoms with Crippen molar-refractivity contribution in [3.8, 4) is 0 Å². The van der Waals surface area contributed by atoms with Crippen LogP contribution in [0.1, 0.15) is 56.5 Å². The third kappa shape index (κ3) is 9.03. The van der Waals surface area contributed by atoms with Gasteiger partial charge in [-0.1, -0.05) is 34.8 Å². The van der Waals surface area contributed by atoms with Crippen LogP contribution in [0.2, 0.25) is 9.36 Å². The molecule has 3 amide bonds. The van der Waals surface area contributed by atoms with E-state index in [1.54, 1.807) is 44.0 Å². The number of hydrogen-bond donors (Lipinski definition) is 3. The first-order valence-corrected chi connectivity index (χ1v) is 13.5. The lowest BCUT2D eigenvalue weighted by Gasteiger charge is -2.29. The minimum absolute atomic E-state index is 0.0280. The Hall–Kier alpha value is -2.59.